The van der Waals surface area contributed by atoms with E-state index in [2.05, 4.69) is 57.6 Å². The van der Waals surface area contributed by atoms with Gasteiger partial charge in [-0.05, 0) is 25.4 Å². The van der Waals surface area contributed by atoms with Gasteiger partial charge in [0.25, 0.3) is 0 Å². The molecule has 0 spiro atoms. The van der Waals surface area contributed by atoms with Gasteiger partial charge in [0.15, 0.2) is 0 Å². The van der Waals surface area contributed by atoms with E-state index in [-0.39, 0.29) is 18.9 Å². The average molecular weight is 330 g/mol. The Balaban J connectivity index is 0.00000169. The van der Waals surface area contributed by atoms with Gasteiger partial charge in [-0.15, -0.1) is 12.1 Å². The van der Waals surface area contributed by atoms with Crippen LogP contribution in [0, 0.1) is 6.07 Å². The van der Waals surface area contributed by atoms with Crippen molar-refractivity contribution >= 4 is 40.2 Å². The quantitative estimate of drug-likeness (QED) is 0.586. The van der Waals surface area contributed by atoms with E-state index in [1.54, 1.807) is 0 Å². The summed E-state index contributed by atoms with van der Waals surface area (Å²) in [4.78, 5) is 0. The number of hydrogen-bond donors (Lipinski definition) is 0. The Morgan fingerprint density at radius 3 is 1.93 bits per heavy atom. The summed E-state index contributed by atoms with van der Waals surface area (Å²) >= 11 is 6.74. The number of hydrogen-bond acceptors (Lipinski definition) is 1. The van der Waals surface area contributed by atoms with Gasteiger partial charge in [-0.2, -0.15) is 6.07 Å². The average Bonchev–Trinajstić information content (AvgIpc) is 1.78. The van der Waals surface area contributed by atoms with Crippen LogP contribution in [-0.2, 0) is 0 Å². The number of benzene rings is 1. The van der Waals surface area contributed by atoms with Crippen LogP contribution in [0.2, 0.25) is 19.6 Å². The van der Waals surface area contributed by atoms with E-state index in [1.807, 2.05) is 12.1 Å². The second-order valence-electron chi connectivity index (χ2n) is 3.73. The Kier molecular flexibility index (Phi) is 6.09. The third-order valence-corrected chi connectivity index (χ3v) is 2.90. The van der Waals surface area contributed by atoms with Crippen LogP contribution >= 0.6 is 31.9 Å². The first kappa shape index (κ1) is 14.8. The van der Waals surface area contributed by atoms with Crippen molar-refractivity contribution in [1.82, 2.24) is 0 Å². The fraction of sp³-hybridized carbons (Fsp3) is 0.333. The van der Waals surface area contributed by atoms with Gasteiger partial charge in [-0.25, -0.2) is 0 Å². The summed E-state index contributed by atoms with van der Waals surface area (Å²) < 4.78 is 7.65. The monoisotopic (exact) mass is 328 g/mol. The molecule has 1 aromatic rings. The van der Waals surface area contributed by atoms with Crippen molar-refractivity contribution in [3.63, 3.8) is 0 Å². The van der Waals surface area contributed by atoms with Gasteiger partial charge in [-0.1, -0.05) is 40.8 Å². The van der Waals surface area contributed by atoms with Crippen LogP contribution in [0.15, 0.2) is 21.1 Å². The predicted octanol–water partition coefficient (Wildman–Crippen LogP) is 1.23. The van der Waals surface area contributed by atoms with Gasteiger partial charge in [0, 0.05) is 0 Å². The second kappa shape index (κ2) is 5.76. The van der Waals surface area contributed by atoms with Crippen molar-refractivity contribution in [3.05, 3.63) is 27.1 Å². The van der Waals surface area contributed by atoms with Gasteiger partial charge >= 0.3 is 18.9 Å². The Bertz CT molecular complexity index is 292. The summed E-state index contributed by atoms with van der Waals surface area (Å²) in [5.74, 6) is 0.900. The van der Waals surface area contributed by atoms with Crippen molar-refractivity contribution in [2.75, 3.05) is 0 Å². The first-order valence-electron chi connectivity index (χ1n) is 3.94. The van der Waals surface area contributed by atoms with Crippen molar-refractivity contribution in [2.45, 2.75) is 19.6 Å². The minimum absolute atomic E-state index is 0. The van der Waals surface area contributed by atoms with Crippen LogP contribution < -0.4 is 23.3 Å². The summed E-state index contributed by atoms with van der Waals surface area (Å²) in [5.41, 5.74) is 0. The molecule has 0 amide bonds. The summed E-state index contributed by atoms with van der Waals surface area (Å²) in [6.07, 6.45) is 0. The summed E-state index contributed by atoms with van der Waals surface area (Å²) in [5, 5.41) is 0. The van der Waals surface area contributed by atoms with Gasteiger partial charge in [0.1, 0.15) is 0 Å². The van der Waals surface area contributed by atoms with Crippen molar-refractivity contribution in [2.24, 2.45) is 0 Å². The molecule has 1 nitrogen and oxygen atoms in total. The Hall–Kier alpha value is 0.794. The first-order valence-corrected chi connectivity index (χ1v) is 8.94. The molecule has 0 heterocycles. The molecule has 0 aliphatic carbocycles. The predicted molar refractivity (Wildman–Crippen MR) is 64.7 cm³/mol. The minimum Gasteiger partial charge on any atom is -0.565 e. The van der Waals surface area contributed by atoms with Crippen LogP contribution in [0.4, 0.5) is 0 Å². The zero-order valence-electron chi connectivity index (χ0n) is 8.82. The molecule has 0 bridgehead atoms. The molecule has 0 radical (unpaired) electrons. The maximum absolute atomic E-state index is 5.82. The Morgan fingerprint density at radius 2 is 1.57 bits per heavy atom. The molecule has 0 aliphatic heterocycles. The number of halogens is 2. The van der Waals surface area contributed by atoms with Gasteiger partial charge in [-0.3, -0.25) is 0 Å². The molecule has 1 rings (SSSR count). The molecule has 0 saturated heterocycles. The third-order valence-electron chi connectivity index (χ3n) is 1.20. The van der Waals surface area contributed by atoms with E-state index in [4.69, 9.17) is 4.43 Å². The molecular formula is C9H11Br2LiOSi. The van der Waals surface area contributed by atoms with Crippen molar-refractivity contribution < 1.29 is 23.3 Å². The Labute approximate surface area is 115 Å². The topological polar surface area (TPSA) is 9.23 Å². The fourth-order valence-electron chi connectivity index (χ4n) is 0.890. The van der Waals surface area contributed by atoms with E-state index in [1.165, 1.54) is 0 Å². The molecular weight excluding hydrogens is 319 g/mol. The van der Waals surface area contributed by atoms with E-state index in [9.17, 15) is 0 Å². The summed E-state index contributed by atoms with van der Waals surface area (Å²) in [7, 11) is -1.50. The maximum atomic E-state index is 5.82. The molecule has 0 aliphatic rings. The third kappa shape index (κ3) is 5.62. The van der Waals surface area contributed by atoms with Crippen LogP contribution in [0.5, 0.6) is 5.75 Å². The van der Waals surface area contributed by atoms with Gasteiger partial charge < -0.3 is 4.43 Å². The molecule has 0 unspecified atom stereocenters. The van der Waals surface area contributed by atoms with E-state index < -0.39 is 8.32 Å². The standard InChI is InChI=1S/C9H11Br2OSi.Li/c1-13(2,3)12-9-5-7(10)4-8(11)6-9;/h5-6H,1-3H3;/q-1;+1. The second-order valence-corrected chi connectivity index (χ2v) is 9.86. The molecule has 0 atom stereocenters. The molecule has 14 heavy (non-hydrogen) atoms. The molecule has 5 heteroatoms. The fourth-order valence-corrected chi connectivity index (χ4v) is 2.86. The van der Waals surface area contributed by atoms with E-state index in [0.29, 0.717) is 0 Å². The smallest absolute Gasteiger partial charge is 0.565 e. The number of rotatable bonds is 2. The summed E-state index contributed by atoms with van der Waals surface area (Å²) in [6.45, 7) is 6.47. The molecule has 0 N–H and O–H groups in total. The normalized spacial score (nSPS) is 10.6. The van der Waals surface area contributed by atoms with E-state index >= 15 is 0 Å². The summed E-state index contributed by atoms with van der Waals surface area (Å²) in [6, 6.07) is 6.93. The zero-order chi connectivity index (χ0) is 10.1. The van der Waals surface area contributed by atoms with Gasteiger partial charge in [0.05, 0.1) is 0 Å². The molecule has 1 aromatic carbocycles. The molecule has 0 fully saturated rings. The van der Waals surface area contributed by atoms with Crippen LogP contribution in [0.25, 0.3) is 0 Å². The zero-order valence-corrected chi connectivity index (χ0v) is 13.0. The van der Waals surface area contributed by atoms with Crippen LogP contribution in [-0.4, -0.2) is 8.32 Å². The SMILES string of the molecule is C[Si](C)(C)Oc1cc(Br)[c-]c(Br)c1.[Li+]. The van der Waals surface area contributed by atoms with Crippen molar-refractivity contribution in [3.8, 4) is 5.75 Å². The van der Waals surface area contributed by atoms with Crippen molar-refractivity contribution in [1.29, 1.82) is 0 Å². The molecule has 0 saturated carbocycles. The Morgan fingerprint density at radius 1 is 1.14 bits per heavy atom. The van der Waals surface area contributed by atoms with Crippen LogP contribution in [0.3, 0.4) is 0 Å². The first-order chi connectivity index (χ1) is 5.87. The molecule has 0 aromatic heterocycles. The van der Waals surface area contributed by atoms with Crippen LogP contribution in [0.1, 0.15) is 0 Å². The van der Waals surface area contributed by atoms with E-state index in [0.717, 1.165) is 14.7 Å². The van der Waals surface area contributed by atoms with Gasteiger partial charge in [0.2, 0.25) is 8.32 Å². The largest absolute Gasteiger partial charge is 1.00 e. The maximum Gasteiger partial charge on any atom is 1.00 e. The molecule has 72 valence electrons. The minimum atomic E-state index is -1.50.